The van der Waals surface area contributed by atoms with E-state index in [1.54, 1.807) is 6.26 Å². The molecule has 1 aliphatic heterocycles. The number of carbonyl (C=O) groups excluding carboxylic acids is 1. The molecule has 1 fully saturated rings. The van der Waals surface area contributed by atoms with E-state index < -0.39 is 0 Å². The molecule has 0 spiro atoms. The van der Waals surface area contributed by atoms with Crippen LogP contribution in [0.1, 0.15) is 27.2 Å². The van der Waals surface area contributed by atoms with Crippen LogP contribution in [0.15, 0.2) is 11.8 Å². The number of hydrogen-bond donors (Lipinski definition) is 1. The average Bonchev–Trinajstić information content (AvgIpc) is 2.28. The normalized spacial score (nSPS) is 26.7. The number of ether oxygens (including phenoxy) is 1. The van der Waals surface area contributed by atoms with Gasteiger partial charge in [-0.1, -0.05) is 6.92 Å². The van der Waals surface area contributed by atoms with Crippen molar-refractivity contribution in [1.29, 1.82) is 0 Å². The third-order valence-electron chi connectivity index (χ3n) is 2.32. The Hall–Kier alpha value is -0.830. The van der Waals surface area contributed by atoms with Gasteiger partial charge in [-0.05, 0) is 26.8 Å². The third-order valence-corrected chi connectivity index (χ3v) is 2.32. The van der Waals surface area contributed by atoms with Crippen LogP contribution in [0.4, 0.5) is 0 Å². The second-order valence-electron chi connectivity index (χ2n) is 4.06. The minimum absolute atomic E-state index is 0.118. The summed E-state index contributed by atoms with van der Waals surface area (Å²) in [7, 11) is 0. The van der Waals surface area contributed by atoms with Gasteiger partial charge in [0.05, 0.1) is 12.4 Å². The first kappa shape index (κ1) is 11.2. The van der Waals surface area contributed by atoms with Crippen molar-refractivity contribution in [3.63, 3.8) is 0 Å². The summed E-state index contributed by atoms with van der Waals surface area (Å²) in [6, 6.07) is 0. The Morgan fingerprint density at radius 3 is 2.93 bits per heavy atom. The highest BCUT2D eigenvalue weighted by Gasteiger charge is 2.20. The van der Waals surface area contributed by atoms with Gasteiger partial charge in [-0.25, -0.2) is 0 Å². The molecule has 0 aliphatic carbocycles. The zero-order valence-electron chi connectivity index (χ0n) is 9.17. The van der Waals surface area contributed by atoms with E-state index in [9.17, 15) is 4.79 Å². The Morgan fingerprint density at radius 2 is 2.29 bits per heavy atom. The third kappa shape index (κ3) is 3.14. The molecule has 1 unspecified atom stereocenters. The van der Waals surface area contributed by atoms with Crippen LogP contribution in [-0.4, -0.2) is 25.0 Å². The number of ketones is 1. The number of nitrogens with one attached hydrogen (secondary N) is 1. The monoisotopic (exact) mass is 197 g/mol. The molecule has 1 saturated heterocycles. The number of rotatable bonds is 2. The second-order valence-corrected chi connectivity index (χ2v) is 4.06. The number of carbonyl (C=O) groups is 1. The quantitative estimate of drug-likeness (QED) is 0.538. The highest BCUT2D eigenvalue weighted by atomic mass is 16.5. The van der Waals surface area contributed by atoms with Crippen LogP contribution in [0.3, 0.4) is 0 Å². The van der Waals surface area contributed by atoms with Gasteiger partial charge in [-0.2, -0.15) is 0 Å². The Kier molecular flexibility index (Phi) is 4.14. The van der Waals surface area contributed by atoms with Crippen molar-refractivity contribution in [2.45, 2.75) is 33.3 Å². The summed E-state index contributed by atoms with van der Waals surface area (Å²) >= 11 is 0. The molecular formula is C11H19NO2. The lowest BCUT2D eigenvalue weighted by atomic mass is 9.99. The van der Waals surface area contributed by atoms with E-state index in [1.807, 2.05) is 20.8 Å². The van der Waals surface area contributed by atoms with Crippen LogP contribution in [-0.2, 0) is 9.53 Å². The van der Waals surface area contributed by atoms with Crippen molar-refractivity contribution < 1.29 is 9.53 Å². The van der Waals surface area contributed by atoms with E-state index in [4.69, 9.17) is 4.74 Å². The van der Waals surface area contributed by atoms with E-state index in [-0.39, 0.29) is 17.8 Å². The minimum atomic E-state index is 0.118. The van der Waals surface area contributed by atoms with E-state index in [2.05, 4.69) is 5.32 Å². The van der Waals surface area contributed by atoms with Crippen LogP contribution in [0.2, 0.25) is 0 Å². The van der Waals surface area contributed by atoms with E-state index in [1.165, 1.54) is 0 Å². The summed E-state index contributed by atoms with van der Waals surface area (Å²) in [5.41, 5.74) is 0.767. The molecule has 0 amide bonds. The molecule has 0 aromatic rings. The maximum absolute atomic E-state index is 11.8. The predicted octanol–water partition coefficient (Wildman–Crippen LogP) is 1.49. The lowest BCUT2D eigenvalue weighted by Gasteiger charge is -2.09. The number of Topliss-reactive ketones (excluding diaryl/α,β-unsaturated/α-hetero) is 1. The molecule has 0 aromatic carbocycles. The minimum Gasteiger partial charge on any atom is -0.498 e. The van der Waals surface area contributed by atoms with Gasteiger partial charge in [-0.15, -0.1) is 0 Å². The molecule has 0 saturated carbocycles. The first-order chi connectivity index (χ1) is 6.61. The fourth-order valence-corrected chi connectivity index (χ4v) is 1.39. The second kappa shape index (κ2) is 5.15. The van der Waals surface area contributed by atoms with Crippen LogP contribution in [0.25, 0.3) is 0 Å². The number of hydrogen-bond acceptors (Lipinski definition) is 3. The van der Waals surface area contributed by atoms with Gasteiger partial charge in [0.2, 0.25) is 0 Å². The van der Waals surface area contributed by atoms with Gasteiger partial charge < -0.3 is 10.1 Å². The predicted molar refractivity (Wildman–Crippen MR) is 56.0 cm³/mol. The summed E-state index contributed by atoms with van der Waals surface area (Å²) in [5, 5.41) is 3.21. The summed E-state index contributed by atoms with van der Waals surface area (Å²) < 4.78 is 5.33. The Labute approximate surface area is 85.5 Å². The van der Waals surface area contributed by atoms with Crippen molar-refractivity contribution in [3.8, 4) is 0 Å². The summed E-state index contributed by atoms with van der Waals surface area (Å²) in [6.45, 7) is 7.42. The SMILES string of the molecule is CC(C)OC=C1CNCCC(C)C1=O. The van der Waals surface area contributed by atoms with Crippen LogP contribution in [0, 0.1) is 5.92 Å². The van der Waals surface area contributed by atoms with Crippen molar-refractivity contribution >= 4 is 5.78 Å². The molecule has 1 aliphatic rings. The molecule has 3 nitrogen and oxygen atoms in total. The maximum atomic E-state index is 11.8. The smallest absolute Gasteiger partial charge is 0.166 e. The topological polar surface area (TPSA) is 38.3 Å². The maximum Gasteiger partial charge on any atom is 0.166 e. The Morgan fingerprint density at radius 1 is 1.57 bits per heavy atom. The molecular weight excluding hydrogens is 178 g/mol. The molecule has 3 heteroatoms. The standard InChI is InChI=1S/C11H19NO2/c1-8(2)14-7-10-6-12-5-4-9(3)11(10)13/h7-9,12H,4-6H2,1-3H3. The molecule has 1 N–H and O–H groups in total. The lowest BCUT2D eigenvalue weighted by Crippen LogP contribution is -2.18. The molecule has 0 radical (unpaired) electrons. The highest BCUT2D eigenvalue weighted by molar-refractivity contribution is 5.97. The first-order valence-corrected chi connectivity index (χ1v) is 5.20. The van der Waals surface area contributed by atoms with Crippen molar-refractivity contribution in [1.82, 2.24) is 5.32 Å². The van der Waals surface area contributed by atoms with E-state index in [0.717, 1.165) is 18.5 Å². The zero-order chi connectivity index (χ0) is 10.6. The van der Waals surface area contributed by atoms with E-state index >= 15 is 0 Å². The Balaban J connectivity index is 2.64. The van der Waals surface area contributed by atoms with Gasteiger partial charge >= 0.3 is 0 Å². The summed E-state index contributed by atoms with van der Waals surface area (Å²) in [6.07, 6.45) is 2.66. The van der Waals surface area contributed by atoms with Crippen LogP contribution in [0.5, 0.6) is 0 Å². The molecule has 80 valence electrons. The van der Waals surface area contributed by atoms with Crippen molar-refractivity contribution in [2.24, 2.45) is 5.92 Å². The van der Waals surface area contributed by atoms with Crippen molar-refractivity contribution in [3.05, 3.63) is 11.8 Å². The molecule has 0 aromatic heterocycles. The Bertz CT molecular complexity index is 233. The van der Waals surface area contributed by atoms with E-state index in [0.29, 0.717) is 6.54 Å². The van der Waals surface area contributed by atoms with Crippen molar-refractivity contribution in [2.75, 3.05) is 13.1 Å². The summed E-state index contributed by atoms with van der Waals surface area (Å²) in [5.74, 6) is 0.336. The highest BCUT2D eigenvalue weighted by Crippen LogP contribution is 2.13. The van der Waals surface area contributed by atoms with Crippen LogP contribution < -0.4 is 5.32 Å². The van der Waals surface area contributed by atoms with Crippen LogP contribution >= 0.6 is 0 Å². The van der Waals surface area contributed by atoms with Gasteiger partial charge in [-0.3, -0.25) is 4.79 Å². The van der Waals surface area contributed by atoms with Gasteiger partial charge in [0.1, 0.15) is 0 Å². The molecule has 1 rings (SSSR count). The fourth-order valence-electron chi connectivity index (χ4n) is 1.39. The molecule has 1 atom stereocenters. The average molecular weight is 197 g/mol. The lowest BCUT2D eigenvalue weighted by molar-refractivity contribution is -0.118. The summed E-state index contributed by atoms with van der Waals surface area (Å²) in [4.78, 5) is 11.8. The first-order valence-electron chi connectivity index (χ1n) is 5.20. The van der Waals surface area contributed by atoms with Gasteiger partial charge in [0.25, 0.3) is 0 Å². The van der Waals surface area contributed by atoms with Gasteiger partial charge in [0, 0.05) is 18.0 Å². The zero-order valence-corrected chi connectivity index (χ0v) is 9.17. The molecule has 1 heterocycles. The largest absolute Gasteiger partial charge is 0.498 e. The molecule has 14 heavy (non-hydrogen) atoms. The van der Waals surface area contributed by atoms with Gasteiger partial charge in [0.15, 0.2) is 5.78 Å². The molecule has 0 bridgehead atoms. The fraction of sp³-hybridized carbons (Fsp3) is 0.727.